The Morgan fingerprint density at radius 1 is 0.242 bits per heavy atom. The van der Waals surface area contributed by atoms with Crippen molar-refractivity contribution in [3.63, 3.8) is 0 Å². The molecule has 1 aromatic heterocycles. The largest absolute Gasteiger partial charge is 0.456 e. The Bertz CT molecular complexity index is 3970. The van der Waals surface area contributed by atoms with Crippen LogP contribution in [0.4, 0.5) is 17.1 Å². The average Bonchev–Trinajstić information content (AvgIpc) is 3.77. The highest BCUT2D eigenvalue weighted by atomic mass is 16.3. The molecule has 0 N–H and O–H groups in total. The van der Waals surface area contributed by atoms with Crippen molar-refractivity contribution >= 4 is 82.1 Å². The van der Waals surface area contributed by atoms with Crippen LogP contribution in [0.1, 0.15) is 0 Å². The van der Waals surface area contributed by atoms with Crippen LogP contribution >= 0.6 is 0 Å². The highest BCUT2D eigenvalue weighted by molar-refractivity contribution is 6.15. The Kier molecular flexibility index (Phi) is 8.89. The van der Waals surface area contributed by atoms with Gasteiger partial charge in [0.25, 0.3) is 0 Å². The van der Waals surface area contributed by atoms with E-state index in [1.54, 1.807) is 0 Å². The van der Waals surface area contributed by atoms with Crippen molar-refractivity contribution in [2.75, 3.05) is 4.90 Å². The molecule has 13 aromatic rings. The summed E-state index contributed by atoms with van der Waals surface area (Å²) < 4.78 is 6.21. The van der Waals surface area contributed by atoms with Gasteiger partial charge >= 0.3 is 0 Å². The summed E-state index contributed by atoms with van der Waals surface area (Å²) in [5.74, 6) is 0. The standard InChI is InChI=1S/C64H41NO/c1-4-16-53-46(12-1)15-11-22-57(53)61-39-50(38-48-13-2-6-18-55(48)61)45-30-35-52(36-31-45)65(62-40-49-14-3-5-17-54(49)56-19-7-8-20-58(56)62)51-33-28-43(29-34-51)42-24-26-44(27-25-42)47-32-37-60-59-21-9-10-23-63(59)66-64(60)41-47/h1-41H. The zero-order chi connectivity index (χ0) is 43.6. The topological polar surface area (TPSA) is 16.4 Å². The quantitative estimate of drug-likeness (QED) is 0.149. The fourth-order valence-electron chi connectivity index (χ4n) is 10.2. The number of fused-ring (bicyclic) bond motifs is 8. The van der Waals surface area contributed by atoms with E-state index in [9.17, 15) is 0 Å². The Balaban J connectivity index is 0.890. The van der Waals surface area contributed by atoms with E-state index >= 15 is 0 Å². The first-order chi connectivity index (χ1) is 32.7. The Labute approximate surface area is 382 Å². The first kappa shape index (κ1) is 37.8. The van der Waals surface area contributed by atoms with E-state index < -0.39 is 0 Å². The molecule has 0 amide bonds. The van der Waals surface area contributed by atoms with Gasteiger partial charge in [-0.15, -0.1) is 0 Å². The van der Waals surface area contributed by atoms with Crippen molar-refractivity contribution < 1.29 is 4.42 Å². The zero-order valence-corrected chi connectivity index (χ0v) is 36.0. The van der Waals surface area contributed by atoms with Gasteiger partial charge in [-0.05, 0) is 143 Å². The zero-order valence-electron chi connectivity index (χ0n) is 36.0. The van der Waals surface area contributed by atoms with E-state index in [4.69, 9.17) is 4.42 Å². The van der Waals surface area contributed by atoms with E-state index in [1.165, 1.54) is 70.9 Å². The molecule has 0 saturated carbocycles. The predicted molar refractivity (Wildman–Crippen MR) is 280 cm³/mol. The van der Waals surface area contributed by atoms with Crippen LogP contribution in [0.15, 0.2) is 253 Å². The molecule has 0 saturated heterocycles. The first-order valence-electron chi connectivity index (χ1n) is 22.6. The lowest BCUT2D eigenvalue weighted by Gasteiger charge is -2.28. The summed E-state index contributed by atoms with van der Waals surface area (Å²) in [4.78, 5) is 2.42. The predicted octanol–water partition coefficient (Wildman–Crippen LogP) is 18.3. The van der Waals surface area contributed by atoms with Crippen LogP contribution in [0.25, 0.3) is 110 Å². The molecule has 2 nitrogen and oxygen atoms in total. The third kappa shape index (κ3) is 6.42. The number of nitrogens with zero attached hydrogens (tertiary/aromatic N) is 1. The molecule has 0 spiro atoms. The van der Waals surface area contributed by atoms with Crippen LogP contribution in [0.5, 0.6) is 0 Å². The summed E-state index contributed by atoms with van der Waals surface area (Å²) in [6.07, 6.45) is 0. The van der Waals surface area contributed by atoms with Gasteiger partial charge in [0, 0.05) is 27.5 Å². The molecule has 12 aromatic carbocycles. The molecule has 0 fully saturated rings. The molecule has 0 aliphatic heterocycles. The van der Waals surface area contributed by atoms with E-state index in [0.717, 1.165) is 55.7 Å². The summed E-state index contributed by atoms with van der Waals surface area (Å²) in [5.41, 5.74) is 14.6. The number of hydrogen-bond acceptors (Lipinski definition) is 2. The minimum atomic E-state index is 0.909. The van der Waals surface area contributed by atoms with Gasteiger partial charge in [0.1, 0.15) is 11.2 Å². The molecule has 0 radical (unpaired) electrons. The normalized spacial score (nSPS) is 11.6. The van der Waals surface area contributed by atoms with Crippen molar-refractivity contribution in [1.82, 2.24) is 0 Å². The Hall–Kier alpha value is -8.72. The summed E-state index contributed by atoms with van der Waals surface area (Å²) in [6, 6.07) is 90.4. The number of hydrogen-bond donors (Lipinski definition) is 0. The minimum Gasteiger partial charge on any atom is -0.456 e. The smallest absolute Gasteiger partial charge is 0.136 e. The summed E-state index contributed by atoms with van der Waals surface area (Å²) in [5, 5.41) is 12.2. The van der Waals surface area contributed by atoms with Gasteiger partial charge in [-0.3, -0.25) is 0 Å². The van der Waals surface area contributed by atoms with E-state index in [2.05, 4.69) is 241 Å². The van der Waals surface area contributed by atoms with Gasteiger partial charge < -0.3 is 9.32 Å². The van der Waals surface area contributed by atoms with Crippen LogP contribution in [0.3, 0.4) is 0 Å². The summed E-state index contributed by atoms with van der Waals surface area (Å²) in [7, 11) is 0. The molecule has 0 atom stereocenters. The molecule has 0 unspecified atom stereocenters. The molecule has 2 heteroatoms. The van der Waals surface area contributed by atoms with Crippen LogP contribution in [-0.4, -0.2) is 0 Å². The van der Waals surface area contributed by atoms with Gasteiger partial charge in [0.05, 0.1) is 5.69 Å². The van der Waals surface area contributed by atoms with Gasteiger partial charge in [-0.2, -0.15) is 0 Å². The number of benzene rings is 12. The highest BCUT2D eigenvalue weighted by Gasteiger charge is 2.19. The maximum atomic E-state index is 6.21. The number of para-hydroxylation sites is 1. The third-order valence-electron chi connectivity index (χ3n) is 13.4. The van der Waals surface area contributed by atoms with Crippen molar-refractivity contribution in [2.24, 2.45) is 0 Å². The maximum absolute atomic E-state index is 6.21. The van der Waals surface area contributed by atoms with Crippen molar-refractivity contribution in [3.05, 3.63) is 249 Å². The lowest BCUT2D eigenvalue weighted by atomic mass is 9.90. The third-order valence-corrected chi connectivity index (χ3v) is 13.4. The van der Waals surface area contributed by atoms with Gasteiger partial charge in [-0.25, -0.2) is 0 Å². The molecule has 13 rings (SSSR count). The molecular formula is C64H41NO. The van der Waals surface area contributed by atoms with Gasteiger partial charge in [0.2, 0.25) is 0 Å². The van der Waals surface area contributed by atoms with Crippen LogP contribution in [-0.2, 0) is 0 Å². The first-order valence-corrected chi connectivity index (χ1v) is 22.6. The van der Waals surface area contributed by atoms with Crippen LogP contribution in [0.2, 0.25) is 0 Å². The SMILES string of the molecule is c1ccc2c(-c3cc(-c4ccc(N(c5ccc(-c6ccc(-c7ccc8c(c7)oc7ccccc78)cc6)cc5)c5cc6ccccc6c6ccccc56)cc4)cc4ccccc34)cccc2c1. The minimum absolute atomic E-state index is 0.909. The van der Waals surface area contributed by atoms with E-state index in [0.29, 0.717) is 0 Å². The Morgan fingerprint density at radius 2 is 0.712 bits per heavy atom. The fraction of sp³-hybridized carbons (Fsp3) is 0. The van der Waals surface area contributed by atoms with Crippen LogP contribution < -0.4 is 4.90 Å². The molecule has 1 heterocycles. The average molecular weight is 840 g/mol. The molecule has 0 bridgehead atoms. The van der Waals surface area contributed by atoms with Crippen molar-refractivity contribution in [3.8, 4) is 44.5 Å². The molecular weight excluding hydrogens is 799 g/mol. The second-order valence-electron chi connectivity index (χ2n) is 17.2. The number of anilines is 3. The molecule has 0 aliphatic rings. The molecule has 308 valence electrons. The molecule has 0 aliphatic carbocycles. The lowest BCUT2D eigenvalue weighted by molar-refractivity contribution is 0.669. The van der Waals surface area contributed by atoms with Crippen molar-refractivity contribution in [2.45, 2.75) is 0 Å². The summed E-state index contributed by atoms with van der Waals surface area (Å²) in [6.45, 7) is 0. The van der Waals surface area contributed by atoms with E-state index in [1.807, 2.05) is 12.1 Å². The lowest BCUT2D eigenvalue weighted by Crippen LogP contribution is -2.10. The number of furan rings is 1. The molecule has 66 heavy (non-hydrogen) atoms. The number of rotatable bonds is 7. The highest BCUT2D eigenvalue weighted by Crippen LogP contribution is 2.44. The van der Waals surface area contributed by atoms with Gasteiger partial charge in [-0.1, -0.05) is 188 Å². The second-order valence-corrected chi connectivity index (χ2v) is 17.2. The monoisotopic (exact) mass is 839 g/mol. The van der Waals surface area contributed by atoms with Gasteiger partial charge in [0.15, 0.2) is 0 Å². The van der Waals surface area contributed by atoms with Crippen molar-refractivity contribution in [1.29, 1.82) is 0 Å². The second kappa shape index (κ2) is 15.5. The maximum Gasteiger partial charge on any atom is 0.136 e. The Morgan fingerprint density at radius 3 is 1.41 bits per heavy atom. The summed E-state index contributed by atoms with van der Waals surface area (Å²) >= 11 is 0. The fourth-order valence-corrected chi connectivity index (χ4v) is 10.2. The van der Waals surface area contributed by atoms with Crippen LogP contribution in [0, 0.1) is 0 Å². The van der Waals surface area contributed by atoms with E-state index in [-0.39, 0.29) is 0 Å².